The predicted octanol–water partition coefficient (Wildman–Crippen LogP) is 13.1. The van der Waals surface area contributed by atoms with E-state index < -0.39 is 0 Å². The summed E-state index contributed by atoms with van der Waals surface area (Å²) in [6.45, 7) is 0. The van der Waals surface area contributed by atoms with Crippen LogP contribution in [0.4, 0.5) is 0 Å². The van der Waals surface area contributed by atoms with Crippen LogP contribution in [-0.4, -0.2) is 0 Å². The van der Waals surface area contributed by atoms with Gasteiger partial charge in [0.05, 0.1) is 0 Å². The van der Waals surface area contributed by atoms with E-state index in [9.17, 15) is 0 Å². The van der Waals surface area contributed by atoms with Crippen LogP contribution in [0.1, 0.15) is 39.3 Å². The van der Waals surface area contributed by atoms with Crippen molar-refractivity contribution in [3.05, 3.63) is 228 Å². The highest BCUT2D eigenvalue weighted by atomic mass is 14.3. The van der Waals surface area contributed by atoms with E-state index in [1.165, 1.54) is 83.1 Å². The molecule has 8 aromatic carbocycles. The molecule has 1 atom stereocenters. The lowest BCUT2D eigenvalue weighted by atomic mass is 9.74. The van der Waals surface area contributed by atoms with Gasteiger partial charge in [0.15, 0.2) is 0 Å². The number of hydrogen-bond acceptors (Lipinski definition) is 0. The largest absolute Gasteiger partial charge is 0.0622 e. The number of rotatable bonds is 7. The molecule has 0 radical (unpaired) electrons. The molecule has 0 heteroatoms. The second-order valence-corrected chi connectivity index (χ2v) is 13.3. The summed E-state index contributed by atoms with van der Waals surface area (Å²) in [5.74, 6) is 0.309. The summed E-state index contributed by atoms with van der Waals surface area (Å²) >= 11 is 0. The first kappa shape index (κ1) is 29.9. The first-order valence-electron chi connectivity index (χ1n) is 17.5. The van der Waals surface area contributed by atoms with Gasteiger partial charge in [-0.1, -0.05) is 176 Å². The summed E-state index contributed by atoms with van der Waals surface area (Å²) < 4.78 is 0. The van der Waals surface area contributed by atoms with Crippen LogP contribution in [-0.2, 0) is 6.42 Å². The predicted molar refractivity (Wildman–Crippen MR) is 212 cm³/mol. The number of benzene rings is 8. The Morgan fingerprint density at radius 2 is 0.980 bits per heavy atom. The summed E-state index contributed by atoms with van der Waals surface area (Å²) in [5, 5.41) is 2.72. The van der Waals surface area contributed by atoms with Gasteiger partial charge in [0, 0.05) is 5.92 Å². The minimum Gasteiger partial charge on any atom is -0.0622 e. The Morgan fingerprint density at radius 3 is 1.66 bits per heavy atom. The lowest BCUT2D eigenvalue weighted by Crippen LogP contribution is -2.11. The second kappa shape index (κ2) is 13.0. The third-order valence-electron chi connectivity index (χ3n) is 10.2. The van der Waals surface area contributed by atoms with Crippen molar-refractivity contribution in [2.75, 3.05) is 0 Å². The quantitative estimate of drug-likeness (QED) is 0.153. The second-order valence-electron chi connectivity index (χ2n) is 13.3. The Balaban J connectivity index is 1.12. The van der Waals surface area contributed by atoms with Crippen molar-refractivity contribution in [3.63, 3.8) is 0 Å². The highest BCUT2D eigenvalue weighted by molar-refractivity contribution is 6.02. The molecule has 0 aromatic heterocycles. The fraction of sp³-hybridized carbons (Fsp3) is 0.0400. The van der Waals surface area contributed by atoms with Gasteiger partial charge in [-0.2, -0.15) is 0 Å². The number of fused-ring (bicyclic) bond motifs is 2. The summed E-state index contributed by atoms with van der Waals surface area (Å²) in [7, 11) is 0. The molecule has 0 N–H and O–H groups in total. The van der Waals surface area contributed by atoms with Crippen molar-refractivity contribution in [2.24, 2.45) is 0 Å². The van der Waals surface area contributed by atoms with Gasteiger partial charge in [0.2, 0.25) is 0 Å². The lowest BCUT2D eigenvalue weighted by Gasteiger charge is -2.29. The molecule has 8 aromatic rings. The van der Waals surface area contributed by atoms with E-state index in [4.69, 9.17) is 0 Å². The lowest BCUT2D eigenvalue weighted by molar-refractivity contribution is 0.809. The zero-order chi connectivity index (χ0) is 33.3. The average Bonchev–Trinajstić information content (AvgIpc) is 3.20. The Hall–Kier alpha value is -6.24. The maximum atomic E-state index is 2.35. The van der Waals surface area contributed by atoms with Gasteiger partial charge >= 0.3 is 0 Å². The highest BCUT2D eigenvalue weighted by Gasteiger charge is 2.26. The Morgan fingerprint density at radius 1 is 0.420 bits per heavy atom. The van der Waals surface area contributed by atoms with Crippen LogP contribution in [0.15, 0.2) is 194 Å². The molecular weight excluding hydrogens is 601 g/mol. The Kier molecular flexibility index (Phi) is 7.76. The van der Waals surface area contributed by atoms with E-state index in [0.717, 1.165) is 6.42 Å². The molecular formula is C50H36. The molecule has 0 spiro atoms. The minimum absolute atomic E-state index is 0.309. The molecule has 1 aliphatic carbocycles. The fourth-order valence-electron chi connectivity index (χ4n) is 7.80. The van der Waals surface area contributed by atoms with Crippen LogP contribution >= 0.6 is 0 Å². The molecule has 0 heterocycles. The molecule has 0 bridgehead atoms. The van der Waals surface area contributed by atoms with Gasteiger partial charge < -0.3 is 0 Å². The van der Waals surface area contributed by atoms with Crippen molar-refractivity contribution < 1.29 is 0 Å². The molecule has 236 valence electrons. The van der Waals surface area contributed by atoms with Crippen molar-refractivity contribution in [1.29, 1.82) is 0 Å². The standard InChI is InChI=1S/C50H36/c1-4-14-37(15-5-1)41-32-42(38-16-6-2-7-17-38)34-43(33-41)48(39-18-8-3-9-19-39)30-35-26-28-36(29-27-35)31-49-45-23-11-10-22-44(45)46-24-12-20-40-21-13-25-47(49)50(40)46/h1-30,32-34,49H,31H2/t49-/m0/s1. The van der Waals surface area contributed by atoms with E-state index in [2.05, 4.69) is 200 Å². The van der Waals surface area contributed by atoms with Crippen molar-refractivity contribution >= 4 is 22.4 Å². The molecule has 0 saturated heterocycles. The molecule has 0 fully saturated rings. The zero-order valence-electron chi connectivity index (χ0n) is 27.8. The first-order chi connectivity index (χ1) is 24.8. The van der Waals surface area contributed by atoms with Crippen molar-refractivity contribution in [2.45, 2.75) is 12.3 Å². The average molecular weight is 637 g/mol. The van der Waals surface area contributed by atoms with E-state index in [-0.39, 0.29) is 0 Å². The minimum atomic E-state index is 0.309. The Labute approximate surface area is 294 Å². The van der Waals surface area contributed by atoms with Crippen LogP contribution in [0, 0.1) is 0 Å². The molecule has 0 unspecified atom stereocenters. The van der Waals surface area contributed by atoms with Gasteiger partial charge in [0.25, 0.3) is 0 Å². The van der Waals surface area contributed by atoms with Gasteiger partial charge in [0.1, 0.15) is 0 Å². The molecule has 50 heavy (non-hydrogen) atoms. The summed E-state index contributed by atoms with van der Waals surface area (Å²) in [6.07, 6.45) is 3.31. The first-order valence-corrected chi connectivity index (χ1v) is 17.5. The van der Waals surface area contributed by atoms with E-state index in [0.29, 0.717) is 5.92 Å². The van der Waals surface area contributed by atoms with Crippen LogP contribution in [0.25, 0.3) is 55.8 Å². The van der Waals surface area contributed by atoms with Gasteiger partial charge in [-0.05, 0) is 114 Å². The SMILES string of the molecule is C(=C(c1ccccc1)c1cc(-c2ccccc2)cc(-c2ccccc2)c1)c1ccc(C[C@H]2c3ccccc3-c3cccc4cccc2c34)cc1. The van der Waals surface area contributed by atoms with Crippen molar-refractivity contribution in [1.82, 2.24) is 0 Å². The van der Waals surface area contributed by atoms with Gasteiger partial charge in [-0.15, -0.1) is 0 Å². The Bertz CT molecular complexity index is 2410. The third kappa shape index (κ3) is 5.66. The molecule has 9 rings (SSSR count). The fourth-order valence-corrected chi connectivity index (χ4v) is 7.80. The van der Waals surface area contributed by atoms with E-state index >= 15 is 0 Å². The van der Waals surface area contributed by atoms with Crippen LogP contribution in [0.3, 0.4) is 0 Å². The maximum Gasteiger partial charge on any atom is 0.0142 e. The molecule has 0 saturated carbocycles. The van der Waals surface area contributed by atoms with Gasteiger partial charge in [-0.3, -0.25) is 0 Å². The normalized spacial score (nSPS) is 13.6. The molecule has 1 aliphatic rings. The van der Waals surface area contributed by atoms with Crippen LogP contribution in [0.2, 0.25) is 0 Å². The van der Waals surface area contributed by atoms with E-state index in [1.807, 2.05) is 0 Å². The molecule has 0 amide bonds. The monoisotopic (exact) mass is 636 g/mol. The topological polar surface area (TPSA) is 0 Å². The summed E-state index contributed by atoms with van der Waals surface area (Å²) in [5.41, 5.74) is 16.6. The van der Waals surface area contributed by atoms with Crippen LogP contribution < -0.4 is 0 Å². The summed E-state index contributed by atoms with van der Waals surface area (Å²) in [4.78, 5) is 0. The van der Waals surface area contributed by atoms with E-state index in [1.54, 1.807) is 0 Å². The smallest absolute Gasteiger partial charge is 0.0142 e. The zero-order valence-corrected chi connectivity index (χ0v) is 27.8. The third-order valence-corrected chi connectivity index (χ3v) is 10.2. The number of hydrogen-bond donors (Lipinski definition) is 0. The van der Waals surface area contributed by atoms with Crippen LogP contribution in [0.5, 0.6) is 0 Å². The molecule has 0 nitrogen and oxygen atoms in total. The maximum absolute atomic E-state index is 2.35. The molecule has 0 aliphatic heterocycles. The van der Waals surface area contributed by atoms with Crippen molar-refractivity contribution in [3.8, 4) is 33.4 Å². The summed E-state index contributed by atoms with van der Waals surface area (Å²) in [6, 6.07) is 70.9. The van der Waals surface area contributed by atoms with Gasteiger partial charge in [-0.25, -0.2) is 0 Å². The highest BCUT2D eigenvalue weighted by Crippen LogP contribution is 2.46.